The summed E-state index contributed by atoms with van der Waals surface area (Å²) < 4.78 is 37.8. The standard InChI is InChI=1S/C16H14F3NOS/c17-14-4-2-1-3-11(14)9-10-20-15(21)12-5-7-13(8-6-12)22-16(18)19/h1-8,16H,9-10H2,(H,20,21). The number of carbonyl (C=O) groups excluding carboxylic acids is 1. The molecule has 0 fully saturated rings. The summed E-state index contributed by atoms with van der Waals surface area (Å²) in [5, 5.41) is 2.67. The third-order valence-electron chi connectivity index (χ3n) is 2.98. The quantitative estimate of drug-likeness (QED) is 0.810. The van der Waals surface area contributed by atoms with Gasteiger partial charge in [-0.2, -0.15) is 8.78 Å². The Morgan fingerprint density at radius 2 is 1.77 bits per heavy atom. The van der Waals surface area contributed by atoms with Crippen molar-refractivity contribution >= 4 is 17.7 Å². The number of alkyl halides is 2. The molecule has 0 atom stereocenters. The highest BCUT2D eigenvalue weighted by atomic mass is 32.2. The van der Waals surface area contributed by atoms with Gasteiger partial charge in [0.1, 0.15) is 5.82 Å². The molecule has 0 unspecified atom stereocenters. The monoisotopic (exact) mass is 325 g/mol. The molecule has 2 nitrogen and oxygen atoms in total. The van der Waals surface area contributed by atoms with Crippen LogP contribution in [0.3, 0.4) is 0 Å². The van der Waals surface area contributed by atoms with Crippen molar-refractivity contribution in [3.8, 4) is 0 Å². The zero-order chi connectivity index (χ0) is 15.9. The second-order valence-electron chi connectivity index (χ2n) is 4.50. The summed E-state index contributed by atoms with van der Waals surface area (Å²) >= 11 is 0.429. The lowest BCUT2D eigenvalue weighted by Gasteiger charge is -2.07. The molecule has 0 aliphatic heterocycles. The molecule has 2 aromatic rings. The maximum Gasteiger partial charge on any atom is 0.288 e. The van der Waals surface area contributed by atoms with Crippen LogP contribution in [0.4, 0.5) is 13.2 Å². The van der Waals surface area contributed by atoms with Gasteiger partial charge < -0.3 is 5.32 Å². The summed E-state index contributed by atoms with van der Waals surface area (Å²) in [7, 11) is 0. The van der Waals surface area contributed by atoms with E-state index >= 15 is 0 Å². The zero-order valence-electron chi connectivity index (χ0n) is 11.6. The molecule has 0 aliphatic carbocycles. The summed E-state index contributed by atoms with van der Waals surface area (Å²) in [6.07, 6.45) is 0.387. The number of halogens is 3. The van der Waals surface area contributed by atoms with E-state index in [-0.39, 0.29) is 11.7 Å². The minimum absolute atomic E-state index is 0.299. The lowest BCUT2D eigenvalue weighted by Crippen LogP contribution is -2.25. The normalized spacial score (nSPS) is 10.7. The van der Waals surface area contributed by atoms with Crippen LogP contribution in [0.2, 0.25) is 0 Å². The van der Waals surface area contributed by atoms with Crippen molar-refractivity contribution in [3.63, 3.8) is 0 Å². The molecule has 0 radical (unpaired) electrons. The van der Waals surface area contributed by atoms with E-state index in [9.17, 15) is 18.0 Å². The molecule has 0 aliphatic rings. The van der Waals surface area contributed by atoms with E-state index in [1.54, 1.807) is 18.2 Å². The van der Waals surface area contributed by atoms with Gasteiger partial charge in [-0.1, -0.05) is 30.0 Å². The van der Waals surface area contributed by atoms with Crippen LogP contribution >= 0.6 is 11.8 Å². The van der Waals surface area contributed by atoms with Gasteiger partial charge in [0, 0.05) is 17.0 Å². The molecule has 22 heavy (non-hydrogen) atoms. The van der Waals surface area contributed by atoms with Crippen molar-refractivity contribution in [3.05, 3.63) is 65.5 Å². The molecule has 2 aromatic carbocycles. The van der Waals surface area contributed by atoms with Gasteiger partial charge in [-0.25, -0.2) is 4.39 Å². The topological polar surface area (TPSA) is 29.1 Å². The number of hydrogen-bond acceptors (Lipinski definition) is 2. The highest BCUT2D eigenvalue weighted by Gasteiger charge is 2.08. The van der Waals surface area contributed by atoms with Gasteiger partial charge in [0.05, 0.1) is 0 Å². The molecule has 1 N–H and O–H groups in total. The molecule has 0 aromatic heterocycles. The van der Waals surface area contributed by atoms with Gasteiger partial charge in [0.25, 0.3) is 11.7 Å². The average Bonchev–Trinajstić information content (AvgIpc) is 2.49. The van der Waals surface area contributed by atoms with E-state index in [2.05, 4.69) is 5.32 Å². The van der Waals surface area contributed by atoms with E-state index in [0.717, 1.165) is 0 Å². The van der Waals surface area contributed by atoms with Crippen molar-refractivity contribution in [1.29, 1.82) is 0 Å². The highest BCUT2D eigenvalue weighted by molar-refractivity contribution is 7.99. The lowest BCUT2D eigenvalue weighted by atomic mass is 10.1. The Morgan fingerprint density at radius 3 is 2.41 bits per heavy atom. The zero-order valence-corrected chi connectivity index (χ0v) is 12.4. The van der Waals surface area contributed by atoms with Crippen LogP contribution in [0.5, 0.6) is 0 Å². The van der Waals surface area contributed by atoms with Crippen molar-refractivity contribution in [2.45, 2.75) is 17.1 Å². The molecule has 0 heterocycles. The fourth-order valence-electron chi connectivity index (χ4n) is 1.90. The van der Waals surface area contributed by atoms with E-state index in [0.29, 0.717) is 40.7 Å². The minimum atomic E-state index is -2.49. The third-order valence-corrected chi connectivity index (χ3v) is 3.70. The van der Waals surface area contributed by atoms with Gasteiger partial charge >= 0.3 is 0 Å². The third kappa shape index (κ3) is 4.80. The van der Waals surface area contributed by atoms with E-state index in [1.165, 1.54) is 30.3 Å². The predicted molar refractivity (Wildman–Crippen MR) is 80.7 cm³/mol. The predicted octanol–water partition coefficient (Wildman–Crippen LogP) is 4.11. The van der Waals surface area contributed by atoms with Crippen LogP contribution in [0.25, 0.3) is 0 Å². The Hall–Kier alpha value is -1.95. The summed E-state index contributed by atoms with van der Waals surface area (Å²) in [6.45, 7) is 0.299. The summed E-state index contributed by atoms with van der Waals surface area (Å²) in [4.78, 5) is 12.3. The molecule has 1 amide bonds. The van der Waals surface area contributed by atoms with Crippen molar-refractivity contribution in [1.82, 2.24) is 5.32 Å². The largest absolute Gasteiger partial charge is 0.352 e. The summed E-state index contributed by atoms with van der Waals surface area (Å²) in [6, 6.07) is 12.3. The number of benzene rings is 2. The van der Waals surface area contributed by atoms with E-state index in [4.69, 9.17) is 0 Å². The Balaban J connectivity index is 1.86. The van der Waals surface area contributed by atoms with Crippen LogP contribution in [-0.4, -0.2) is 18.2 Å². The van der Waals surface area contributed by atoms with Gasteiger partial charge in [0.2, 0.25) is 0 Å². The Labute approximate surface area is 130 Å². The molecule has 0 bridgehead atoms. The second kappa shape index (κ2) is 7.89. The number of nitrogens with one attached hydrogen (secondary N) is 1. The molecule has 6 heteroatoms. The fraction of sp³-hybridized carbons (Fsp3) is 0.188. The SMILES string of the molecule is O=C(NCCc1ccccc1F)c1ccc(SC(F)F)cc1. The first-order chi connectivity index (χ1) is 10.6. The van der Waals surface area contributed by atoms with Crippen molar-refractivity contribution in [2.75, 3.05) is 6.54 Å². The summed E-state index contributed by atoms with van der Waals surface area (Å²) in [5.41, 5.74) is 0.915. The maximum absolute atomic E-state index is 13.4. The first-order valence-corrected chi connectivity index (χ1v) is 7.50. The van der Waals surface area contributed by atoms with Crippen molar-refractivity contribution < 1.29 is 18.0 Å². The van der Waals surface area contributed by atoms with Gasteiger partial charge in [-0.3, -0.25) is 4.79 Å². The molecule has 0 saturated heterocycles. The highest BCUT2D eigenvalue weighted by Crippen LogP contribution is 2.25. The number of carbonyl (C=O) groups is 1. The fourth-order valence-corrected chi connectivity index (χ4v) is 2.40. The summed E-state index contributed by atoms with van der Waals surface area (Å²) in [5.74, 6) is -3.10. The van der Waals surface area contributed by atoms with Gasteiger partial charge in [-0.15, -0.1) is 0 Å². The second-order valence-corrected chi connectivity index (χ2v) is 5.56. The van der Waals surface area contributed by atoms with Crippen molar-refractivity contribution in [2.24, 2.45) is 0 Å². The van der Waals surface area contributed by atoms with Crippen LogP contribution in [0, 0.1) is 5.82 Å². The first kappa shape index (κ1) is 16.4. The Bertz CT molecular complexity index is 632. The van der Waals surface area contributed by atoms with E-state index in [1.807, 2.05) is 0 Å². The molecular weight excluding hydrogens is 311 g/mol. The molecule has 2 rings (SSSR count). The Morgan fingerprint density at radius 1 is 1.09 bits per heavy atom. The number of hydrogen-bond donors (Lipinski definition) is 1. The van der Waals surface area contributed by atoms with Crippen LogP contribution in [-0.2, 0) is 6.42 Å². The number of thioether (sulfide) groups is 1. The molecule has 0 spiro atoms. The van der Waals surface area contributed by atoms with Gasteiger partial charge in [0.15, 0.2) is 0 Å². The van der Waals surface area contributed by atoms with Crippen LogP contribution in [0.15, 0.2) is 53.4 Å². The lowest BCUT2D eigenvalue weighted by molar-refractivity contribution is 0.0954. The van der Waals surface area contributed by atoms with Crippen LogP contribution in [0.1, 0.15) is 15.9 Å². The molecule has 0 saturated carbocycles. The number of rotatable bonds is 6. The first-order valence-electron chi connectivity index (χ1n) is 6.63. The number of amides is 1. The van der Waals surface area contributed by atoms with Gasteiger partial charge in [-0.05, 0) is 42.3 Å². The molecule has 116 valence electrons. The van der Waals surface area contributed by atoms with E-state index < -0.39 is 5.76 Å². The Kier molecular flexibility index (Phi) is 5.89. The molecular formula is C16H14F3NOS. The van der Waals surface area contributed by atoms with Crippen LogP contribution < -0.4 is 5.32 Å². The maximum atomic E-state index is 13.4. The minimum Gasteiger partial charge on any atom is -0.352 e. The average molecular weight is 325 g/mol. The smallest absolute Gasteiger partial charge is 0.288 e.